The number of benzene rings is 1. The van der Waals surface area contributed by atoms with E-state index in [0.29, 0.717) is 5.56 Å². The lowest BCUT2D eigenvalue weighted by atomic mass is 10.1. The van der Waals surface area contributed by atoms with E-state index in [1.54, 1.807) is 6.07 Å². The summed E-state index contributed by atoms with van der Waals surface area (Å²) in [5, 5.41) is 8.49. The van der Waals surface area contributed by atoms with Gasteiger partial charge in [-0.15, -0.1) is 0 Å². The second-order valence-electron chi connectivity index (χ2n) is 3.44. The number of nitrogens with zero attached hydrogens (tertiary/aromatic N) is 1. The predicted octanol–water partition coefficient (Wildman–Crippen LogP) is 2.29. The summed E-state index contributed by atoms with van der Waals surface area (Å²) in [6, 6.07) is 5.74. The summed E-state index contributed by atoms with van der Waals surface area (Å²) >= 11 is 0. The molecule has 14 heavy (non-hydrogen) atoms. The van der Waals surface area contributed by atoms with Crippen LogP contribution in [0.25, 0.3) is 0 Å². The van der Waals surface area contributed by atoms with Crippen LogP contribution in [0.3, 0.4) is 0 Å². The van der Waals surface area contributed by atoms with Gasteiger partial charge in [0, 0.05) is 11.5 Å². The summed E-state index contributed by atoms with van der Waals surface area (Å²) in [5.74, 6) is -0.533. The van der Waals surface area contributed by atoms with Gasteiger partial charge < -0.3 is 0 Å². The van der Waals surface area contributed by atoms with E-state index < -0.39 is 5.82 Å². The third kappa shape index (κ3) is 1.51. The van der Waals surface area contributed by atoms with Crippen molar-refractivity contribution < 1.29 is 9.18 Å². The van der Waals surface area contributed by atoms with Gasteiger partial charge in [-0.25, -0.2) is 4.39 Å². The molecule has 1 aromatic rings. The molecule has 1 aliphatic carbocycles. The van der Waals surface area contributed by atoms with Gasteiger partial charge in [0.1, 0.15) is 11.9 Å². The third-order valence-electron chi connectivity index (χ3n) is 2.32. The normalized spacial score (nSPS) is 14.9. The number of carbonyl (C=O) groups excluding carboxylic acids is 1. The Balaban J connectivity index is 2.32. The first-order chi connectivity index (χ1) is 6.72. The zero-order chi connectivity index (χ0) is 10.1. The van der Waals surface area contributed by atoms with Crippen LogP contribution in [0, 0.1) is 23.1 Å². The number of ketones is 1. The highest BCUT2D eigenvalue weighted by atomic mass is 19.1. The van der Waals surface area contributed by atoms with E-state index in [0.717, 1.165) is 18.9 Å². The summed E-state index contributed by atoms with van der Waals surface area (Å²) in [6.45, 7) is 0. The van der Waals surface area contributed by atoms with Gasteiger partial charge in [0.05, 0.1) is 5.56 Å². The molecule has 0 amide bonds. The van der Waals surface area contributed by atoms with Gasteiger partial charge in [-0.05, 0) is 31.0 Å². The first kappa shape index (κ1) is 8.89. The zero-order valence-electron chi connectivity index (χ0n) is 7.46. The Morgan fingerprint density at radius 2 is 2.21 bits per heavy atom. The first-order valence-electron chi connectivity index (χ1n) is 4.46. The Kier molecular flexibility index (Phi) is 2.05. The zero-order valence-corrected chi connectivity index (χ0v) is 7.46. The summed E-state index contributed by atoms with van der Waals surface area (Å²) in [7, 11) is 0. The summed E-state index contributed by atoms with van der Waals surface area (Å²) < 4.78 is 13.1. The quantitative estimate of drug-likeness (QED) is 0.669. The molecule has 0 spiro atoms. The van der Waals surface area contributed by atoms with Crippen molar-refractivity contribution in [1.29, 1.82) is 5.26 Å². The number of hydrogen-bond donors (Lipinski definition) is 0. The van der Waals surface area contributed by atoms with Gasteiger partial charge in [-0.2, -0.15) is 5.26 Å². The van der Waals surface area contributed by atoms with Crippen molar-refractivity contribution in [2.75, 3.05) is 0 Å². The Hall–Kier alpha value is -1.69. The molecular weight excluding hydrogens is 181 g/mol. The molecule has 0 N–H and O–H groups in total. The minimum Gasteiger partial charge on any atom is -0.294 e. The Morgan fingerprint density at radius 1 is 1.50 bits per heavy atom. The average Bonchev–Trinajstić information content (AvgIpc) is 3.00. The van der Waals surface area contributed by atoms with Crippen molar-refractivity contribution >= 4 is 5.78 Å². The maximum absolute atomic E-state index is 13.1. The van der Waals surface area contributed by atoms with Gasteiger partial charge >= 0.3 is 0 Å². The summed E-state index contributed by atoms with van der Waals surface area (Å²) in [6.07, 6.45) is 1.81. The number of Topliss-reactive ketones (excluding diaryl/α,β-unsaturated/α-hetero) is 1. The topological polar surface area (TPSA) is 40.9 Å². The van der Waals surface area contributed by atoms with Crippen LogP contribution in [0.1, 0.15) is 28.8 Å². The van der Waals surface area contributed by atoms with Crippen LogP contribution in [0.4, 0.5) is 4.39 Å². The van der Waals surface area contributed by atoms with E-state index in [9.17, 15) is 9.18 Å². The predicted molar refractivity (Wildman–Crippen MR) is 48.2 cm³/mol. The molecular formula is C11H8FNO. The minimum absolute atomic E-state index is 0.00612. The Morgan fingerprint density at radius 3 is 2.71 bits per heavy atom. The van der Waals surface area contributed by atoms with Gasteiger partial charge in [0.15, 0.2) is 5.78 Å². The monoisotopic (exact) mass is 189 g/mol. The average molecular weight is 189 g/mol. The molecule has 0 saturated heterocycles. The maximum Gasteiger partial charge on any atom is 0.166 e. The standard InChI is InChI=1S/C11H8FNO/c12-10-5-8(3-4-9(10)6-13)11(14)7-1-2-7/h3-5,7H,1-2H2. The maximum atomic E-state index is 13.1. The van der Waals surface area contributed by atoms with Gasteiger partial charge in [0.25, 0.3) is 0 Å². The van der Waals surface area contributed by atoms with E-state index in [1.165, 1.54) is 12.1 Å². The molecule has 0 aromatic heterocycles. The van der Waals surface area contributed by atoms with Crippen molar-refractivity contribution in [2.24, 2.45) is 5.92 Å². The lowest BCUT2D eigenvalue weighted by Gasteiger charge is -1.99. The number of nitriles is 1. The lowest BCUT2D eigenvalue weighted by Crippen LogP contribution is -2.02. The van der Waals surface area contributed by atoms with Crippen molar-refractivity contribution in [1.82, 2.24) is 0 Å². The van der Waals surface area contributed by atoms with Crippen LogP contribution in [0.2, 0.25) is 0 Å². The van der Waals surface area contributed by atoms with Crippen LogP contribution in [-0.2, 0) is 0 Å². The van der Waals surface area contributed by atoms with Crippen molar-refractivity contribution in [3.05, 3.63) is 35.1 Å². The molecule has 0 radical (unpaired) electrons. The molecule has 0 heterocycles. The molecule has 0 aliphatic heterocycles. The summed E-state index contributed by atoms with van der Waals surface area (Å²) in [4.78, 5) is 11.5. The molecule has 1 aliphatic rings. The molecule has 2 rings (SSSR count). The van der Waals surface area contributed by atoms with Crippen LogP contribution < -0.4 is 0 Å². The molecule has 3 heteroatoms. The van der Waals surface area contributed by atoms with Crippen molar-refractivity contribution in [3.8, 4) is 6.07 Å². The van der Waals surface area contributed by atoms with E-state index in [2.05, 4.69) is 0 Å². The lowest BCUT2D eigenvalue weighted by molar-refractivity contribution is 0.0967. The van der Waals surface area contributed by atoms with Crippen LogP contribution in [0.15, 0.2) is 18.2 Å². The molecule has 1 aromatic carbocycles. The minimum atomic E-state index is -0.612. The fraction of sp³-hybridized carbons (Fsp3) is 0.273. The van der Waals surface area contributed by atoms with E-state index in [4.69, 9.17) is 5.26 Å². The van der Waals surface area contributed by atoms with E-state index in [1.807, 2.05) is 0 Å². The van der Waals surface area contributed by atoms with Gasteiger partial charge in [-0.1, -0.05) is 0 Å². The third-order valence-corrected chi connectivity index (χ3v) is 2.32. The molecule has 1 fully saturated rings. The van der Waals surface area contributed by atoms with Crippen LogP contribution in [0.5, 0.6) is 0 Å². The molecule has 0 bridgehead atoms. The highest BCUT2D eigenvalue weighted by Crippen LogP contribution is 2.32. The Labute approximate surface area is 81.0 Å². The second kappa shape index (κ2) is 3.22. The van der Waals surface area contributed by atoms with E-state index >= 15 is 0 Å². The highest BCUT2D eigenvalue weighted by Gasteiger charge is 2.30. The van der Waals surface area contributed by atoms with Gasteiger partial charge in [-0.3, -0.25) is 4.79 Å². The molecule has 1 saturated carbocycles. The first-order valence-corrected chi connectivity index (χ1v) is 4.46. The number of hydrogen-bond acceptors (Lipinski definition) is 2. The van der Waals surface area contributed by atoms with Gasteiger partial charge in [0.2, 0.25) is 0 Å². The van der Waals surface area contributed by atoms with E-state index in [-0.39, 0.29) is 17.3 Å². The number of carbonyl (C=O) groups is 1. The molecule has 0 atom stereocenters. The fourth-order valence-electron chi connectivity index (χ4n) is 1.34. The number of rotatable bonds is 2. The molecule has 2 nitrogen and oxygen atoms in total. The highest BCUT2D eigenvalue weighted by molar-refractivity contribution is 5.99. The second-order valence-corrected chi connectivity index (χ2v) is 3.44. The number of halogens is 1. The van der Waals surface area contributed by atoms with Crippen LogP contribution >= 0.6 is 0 Å². The molecule has 0 unspecified atom stereocenters. The summed E-state index contributed by atoms with van der Waals surface area (Å²) in [5.41, 5.74) is 0.362. The van der Waals surface area contributed by atoms with Crippen LogP contribution in [-0.4, -0.2) is 5.78 Å². The smallest absolute Gasteiger partial charge is 0.166 e. The Bertz CT molecular complexity index is 429. The largest absolute Gasteiger partial charge is 0.294 e. The molecule has 70 valence electrons. The SMILES string of the molecule is N#Cc1ccc(C(=O)C2CC2)cc1F. The fourth-order valence-corrected chi connectivity index (χ4v) is 1.34. The van der Waals surface area contributed by atoms with Crippen molar-refractivity contribution in [2.45, 2.75) is 12.8 Å². The van der Waals surface area contributed by atoms with Crippen molar-refractivity contribution in [3.63, 3.8) is 0 Å².